The predicted molar refractivity (Wildman–Crippen MR) is 68.1 cm³/mol. The Morgan fingerprint density at radius 3 is 3.00 bits per heavy atom. The van der Waals surface area contributed by atoms with E-state index < -0.39 is 0 Å². The number of rotatable bonds is 1. The average molecular weight is 229 g/mol. The van der Waals surface area contributed by atoms with Crippen molar-refractivity contribution < 1.29 is 4.79 Å². The van der Waals surface area contributed by atoms with E-state index in [1.54, 1.807) is 11.8 Å². The van der Waals surface area contributed by atoms with Gasteiger partial charge in [0, 0.05) is 16.0 Å². The van der Waals surface area contributed by atoms with Gasteiger partial charge in [0.2, 0.25) is 0 Å². The van der Waals surface area contributed by atoms with Gasteiger partial charge in [0.25, 0.3) is 0 Å². The standard InChI is InChI=1S/C13H11NOS/c15-7-10-8-16-12-6-5-9-3-1-2-4-11(9)13(12)14-10/h1-7,10,14H,8H2. The maximum Gasteiger partial charge on any atom is 0.143 e. The Hall–Kier alpha value is -1.48. The molecule has 0 fully saturated rings. The number of hydrogen-bond donors (Lipinski definition) is 1. The molecule has 0 saturated carbocycles. The SMILES string of the molecule is O=CC1CSc2ccc3ccccc3c2N1. The summed E-state index contributed by atoms with van der Waals surface area (Å²) in [6.45, 7) is 0. The monoisotopic (exact) mass is 229 g/mol. The highest BCUT2D eigenvalue weighted by Gasteiger charge is 2.18. The molecule has 1 atom stereocenters. The molecular formula is C13H11NOS. The lowest BCUT2D eigenvalue weighted by molar-refractivity contribution is -0.108. The zero-order chi connectivity index (χ0) is 11.0. The second-order valence-corrected chi connectivity index (χ2v) is 4.92. The molecule has 1 heterocycles. The Morgan fingerprint density at radius 1 is 1.25 bits per heavy atom. The first-order valence-corrected chi connectivity index (χ1v) is 6.23. The fourth-order valence-corrected chi connectivity index (χ4v) is 3.00. The van der Waals surface area contributed by atoms with Crippen molar-refractivity contribution in [2.24, 2.45) is 0 Å². The topological polar surface area (TPSA) is 29.1 Å². The highest BCUT2D eigenvalue weighted by atomic mass is 32.2. The molecule has 1 aliphatic heterocycles. The Morgan fingerprint density at radius 2 is 2.12 bits per heavy atom. The van der Waals surface area contributed by atoms with Crippen LogP contribution in [0.5, 0.6) is 0 Å². The number of nitrogens with one attached hydrogen (secondary N) is 1. The van der Waals surface area contributed by atoms with Gasteiger partial charge in [-0.3, -0.25) is 0 Å². The van der Waals surface area contributed by atoms with E-state index in [9.17, 15) is 4.79 Å². The molecule has 1 unspecified atom stereocenters. The van der Waals surface area contributed by atoms with Gasteiger partial charge in [-0.15, -0.1) is 11.8 Å². The summed E-state index contributed by atoms with van der Waals surface area (Å²) in [6, 6.07) is 12.4. The molecule has 80 valence electrons. The van der Waals surface area contributed by atoms with E-state index in [-0.39, 0.29) is 6.04 Å². The van der Waals surface area contributed by atoms with Crippen molar-refractivity contribution in [3.8, 4) is 0 Å². The van der Waals surface area contributed by atoms with Gasteiger partial charge in [-0.1, -0.05) is 30.3 Å². The summed E-state index contributed by atoms with van der Waals surface area (Å²) < 4.78 is 0. The van der Waals surface area contributed by atoms with Crippen LogP contribution in [-0.4, -0.2) is 18.1 Å². The molecule has 3 rings (SSSR count). The zero-order valence-corrected chi connectivity index (χ0v) is 9.46. The summed E-state index contributed by atoms with van der Waals surface area (Å²) in [4.78, 5) is 12.1. The van der Waals surface area contributed by atoms with E-state index in [1.807, 2.05) is 12.1 Å². The van der Waals surface area contributed by atoms with E-state index in [4.69, 9.17) is 0 Å². The summed E-state index contributed by atoms with van der Waals surface area (Å²) in [5.41, 5.74) is 1.10. The molecule has 3 heteroatoms. The van der Waals surface area contributed by atoms with Gasteiger partial charge >= 0.3 is 0 Å². The summed E-state index contributed by atoms with van der Waals surface area (Å²) in [5, 5.41) is 5.70. The van der Waals surface area contributed by atoms with Gasteiger partial charge in [-0.05, 0) is 11.5 Å². The first-order valence-electron chi connectivity index (χ1n) is 5.25. The van der Waals surface area contributed by atoms with Crippen LogP contribution in [0.3, 0.4) is 0 Å². The maximum absolute atomic E-state index is 10.8. The fourth-order valence-electron chi connectivity index (χ4n) is 2.00. The van der Waals surface area contributed by atoms with Crippen molar-refractivity contribution in [1.82, 2.24) is 0 Å². The highest BCUT2D eigenvalue weighted by molar-refractivity contribution is 7.99. The van der Waals surface area contributed by atoms with Crippen molar-refractivity contribution in [2.75, 3.05) is 11.1 Å². The van der Waals surface area contributed by atoms with E-state index in [1.165, 1.54) is 15.7 Å². The van der Waals surface area contributed by atoms with Crippen molar-refractivity contribution >= 4 is 34.5 Å². The van der Waals surface area contributed by atoms with E-state index >= 15 is 0 Å². The smallest absolute Gasteiger partial charge is 0.143 e. The lowest BCUT2D eigenvalue weighted by Gasteiger charge is -2.24. The third-order valence-corrected chi connectivity index (χ3v) is 3.98. The summed E-state index contributed by atoms with van der Waals surface area (Å²) >= 11 is 1.74. The Kier molecular flexibility index (Phi) is 2.33. The van der Waals surface area contributed by atoms with Gasteiger partial charge in [0.15, 0.2) is 0 Å². The van der Waals surface area contributed by atoms with Crippen LogP contribution in [0.15, 0.2) is 41.3 Å². The lowest BCUT2D eigenvalue weighted by Crippen LogP contribution is -2.27. The lowest BCUT2D eigenvalue weighted by atomic mass is 10.1. The van der Waals surface area contributed by atoms with Crippen LogP contribution in [0.25, 0.3) is 10.8 Å². The van der Waals surface area contributed by atoms with Crippen LogP contribution in [0, 0.1) is 0 Å². The molecule has 0 radical (unpaired) electrons. The van der Waals surface area contributed by atoms with E-state index in [2.05, 4.69) is 29.6 Å². The van der Waals surface area contributed by atoms with Gasteiger partial charge < -0.3 is 10.1 Å². The van der Waals surface area contributed by atoms with Gasteiger partial charge in [0.1, 0.15) is 6.29 Å². The van der Waals surface area contributed by atoms with Crippen LogP contribution in [0.1, 0.15) is 0 Å². The fraction of sp³-hybridized carbons (Fsp3) is 0.154. The number of thioether (sulfide) groups is 1. The first-order chi connectivity index (χ1) is 7.88. The van der Waals surface area contributed by atoms with Crippen LogP contribution in [-0.2, 0) is 4.79 Å². The third-order valence-electron chi connectivity index (χ3n) is 2.80. The molecular weight excluding hydrogens is 218 g/mol. The predicted octanol–water partition coefficient (Wildman–Crippen LogP) is 2.92. The molecule has 1 N–H and O–H groups in total. The minimum absolute atomic E-state index is 0.0664. The number of benzene rings is 2. The Labute approximate surface area is 98.0 Å². The van der Waals surface area contributed by atoms with Crippen LogP contribution in [0.2, 0.25) is 0 Å². The minimum Gasteiger partial charge on any atom is -0.373 e. The van der Waals surface area contributed by atoms with Gasteiger partial charge in [-0.2, -0.15) is 0 Å². The molecule has 0 aliphatic carbocycles. The Balaban J connectivity index is 2.21. The van der Waals surface area contributed by atoms with Crippen molar-refractivity contribution in [1.29, 1.82) is 0 Å². The molecule has 0 amide bonds. The molecule has 2 aromatic rings. The summed E-state index contributed by atoms with van der Waals surface area (Å²) in [6.07, 6.45) is 0.984. The zero-order valence-electron chi connectivity index (χ0n) is 8.64. The maximum atomic E-state index is 10.8. The highest BCUT2D eigenvalue weighted by Crippen LogP contribution is 2.38. The molecule has 16 heavy (non-hydrogen) atoms. The third kappa shape index (κ3) is 1.48. The molecule has 0 aromatic heterocycles. The van der Waals surface area contributed by atoms with Gasteiger partial charge in [-0.25, -0.2) is 0 Å². The van der Waals surface area contributed by atoms with Gasteiger partial charge in [0.05, 0.1) is 11.7 Å². The van der Waals surface area contributed by atoms with Crippen molar-refractivity contribution in [3.63, 3.8) is 0 Å². The quantitative estimate of drug-likeness (QED) is 0.762. The second-order valence-electron chi connectivity index (χ2n) is 3.86. The number of anilines is 1. The number of carbonyl (C=O) groups is 1. The summed E-state index contributed by atoms with van der Waals surface area (Å²) in [7, 11) is 0. The second kappa shape index (κ2) is 3.83. The average Bonchev–Trinajstić information content (AvgIpc) is 2.38. The number of fused-ring (bicyclic) bond motifs is 3. The first kappa shape index (κ1) is 9.73. The molecule has 0 spiro atoms. The Bertz CT molecular complexity index is 553. The van der Waals surface area contributed by atoms with E-state index in [0.29, 0.717) is 0 Å². The summed E-state index contributed by atoms with van der Waals surface area (Å²) in [5.74, 6) is 0.814. The molecule has 0 bridgehead atoms. The van der Waals surface area contributed by atoms with E-state index in [0.717, 1.165) is 17.7 Å². The number of hydrogen-bond acceptors (Lipinski definition) is 3. The minimum atomic E-state index is -0.0664. The van der Waals surface area contributed by atoms with Crippen LogP contribution < -0.4 is 5.32 Å². The van der Waals surface area contributed by atoms with Crippen LogP contribution >= 0.6 is 11.8 Å². The van der Waals surface area contributed by atoms with Crippen molar-refractivity contribution in [3.05, 3.63) is 36.4 Å². The molecule has 0 saturated heterocycles. The molecule has 1 aliphatic rings. The van der Waals surface area contributed by atoms with Crippen molar-refractivity contribution in [2.45, 2.75) is 10.9 Å². The molecule has 2 nitrogen and oxygen atoms in total. The normalized spacial score (nSPS) is 18.9. The van der Waals surface area contributed by atoms with Crippen LogP contribution in [0.4, 0.5) is 5.69 Å². The number of carbonyl (C=O) groups excluding carboxylic acids is 1. The molecule has 2 aromatic carbocycles. The number of aldehydes is 1. The largest absolute Gasteiger partial charge is 0.373 e.